The third-order valence-electron chi connectivity index (χ3n) is 2.32. The van der Waals surface area contributed by atoms with E-state index in [-0.39, 0.29) is 6.10 Å². The van der Waals surface area contributed by atoms with Gasteiger partial charge in [-0.3, -0.25) is 4.18 Å². The Balaban J connectivity index is 2.43. The summed E-state index contributed by atoms with van der Waals surface area (Å²) in [6, 6.07) is 0. The maximum Gasteiger partial charge on any atom is 0.264 e. The van der Waals surface area contributed by atoms with Gasteiger partial charge in [0.2, 0.25) is 0 Å². The summed E-state index contributed by atoms with van der Waals surface area (Å²) >= 11 is 0. The minimum Gasteiger partial charge on any atom is -0.390 e. The van der Waals surface area contributed by atoms with Crippen LogP contribution < -0.4 is 0 Å². The predicted octanol–water partition coefficient (Wildman–Crippen LogP) is 0.656. The molecule has 1 aliphatic rings. The Morgan fingerprint density at radius 2 is 1.85 bits per heavy atom. The van der Waals surface area contributed by atoms with Gasteiger partial charge in [0.1, 0.15) is 0 Å². The van der Waals surface area contributed by atoms with E-state index < -0.39 is 15.7 Å². The Morgan fingerprint density at radius 3 is 2.23 bits per heavy atom. The van der Waals surface area contributed by atoms with Crippen molar-refractivity contribution < 1.29 is 17.7 Å². The van der Waals surface area contributed by atoms with Crippen molar-refractivity contribution in [3.8, 4) is 0 Å². The Hall–Kier alpha value is -0.130. The van der Waals surface area contributed by atoms with Crippen molar-refractivity contribution >= 4 is 10.1 Å². The molecule has 78 valence electrons. The molecular formula is C8H16O4S. The van der Waals surface area contributed by atoms with E-state index in [1.54, 1.807) is 6.92 Å². The largest absolute Gasteiger partial charge is 0.390 e. The van der Waals surface area contributed by atoms with Gasteiger partial charge < -0.3 is 5.11 Å². The Bertz CT molecular complexity index is 258. The van der Waals surface area contributed by atoms with Crippen molar-refractivity contribution in [2.75, 3.05) is 6.26 Å². The average molecular weight is 208 g/mol. The first kappa shape index (κ1) is 10.9. The van der Waals surface area contributed by atoms with Crippen LogP contribution in [0.25, 0.3) is 0 Å². The quantitative estimate of drug-likeness (QED) is 0.677. The smallest absolute Gasteiger partial charge is 0.264 e. The summed E-state index contributed by atoms with van der Waals surface area (Å²) in [5, 5.41) is 9.59. The van der Waals surface area contributed by atoms with E-state index in [4.69, 9.17) is 4.18 Å². The molecule has 0 atom stereocenters. The van der Waals surface area contributed by atoms with Crippen LogP contribution in [-0.2, 0) is 14.3 Å². The van der Waals surface area contributed by atoms with Gasteiger partial charge in [-0.25, -0.2) is 0 Å². The summed E-state index contributed by atoms with van der Waals surface area (Å²) in [6.45, 7) is 1.77. The van der Waals surface area contributed by atoms with Crippen molar-refractivity contribution in [1.82, 2.24) is 0 Å². The van der Waals surface area contributed by atoms with Gasteiger partial charge in [-0.15, -0.1) is 0 Å². The number of hydrogen-bond donors (Lipinski definition) is 1. The fourth-order valence-corrected chi connectivity index (χ4v) is 2.24. The van der Waals surface area contributed by atoms with Crippen molar-refractivity contribution in [3.63, 3.8) is 0 Å². The average Bonchev–Trinajstić information content (AvgIpc) is 1.91. The standard InChI is InChI=1S/C8H16O4S/c1-8(9)5-3-7(4-6-8)12-13(2,10)11/h7,9H,3-6H2,1-2H3/t7-,8-. The molecule has 1 saturated carbocycles. The van der Waals surface area contributed by atoms with Crippen molar-refractivity contribution in [1.29, 1.82) is 0 Å². The van der Waals surface area contributed by atoms with Crippen LogP contribution in [0.2, 0.25) is 0 Å². The molecule has 5 heteroatoms. The topological polar surface area (TPSA) is 63.6 Å². The first-order chi connectivity index (χ1) is 5.79. The summed E-state index contributed by atoms with van der Waals surface area (Å²) < 4.78 is 26.4. The Morgan fingerprint density at radius 1 is 1.38 bits per heavy atom. The molecule has 0 bridgehead atoms. The molecule has 1 aliphatic carbocycles. The number of hydrogen-bond acceptors (Lipinski definition) is 4. The Labute approximate surface area is 79.0 Å². The van der Waals surface area contributed by atoms with E-state index in [0.29, 0.717) is 25.7 Å². The SMILES string of the molecule is CS(=O)(=O)O[C@H]1CC[C@](C)(O)CC1. The van der Waals surface area contributed by atoms with Gasteiger partial charge in [-0.05, 0) is 32.6 Å². The molecular weight excluding hydrogens is 192 g/mol. The molecule has 0 aromatic heterocycles. The van der Waals surface area contributed by atoms with Crippen LogP contribution in [0.15, 0.2) is 0 Å². The number of aliphatic hydroxyl groups is 1. The molecule has 1 fully saturated rings. The summed E-state index contributed by atoms with van der Waals surface area (Å²) in [7, 11) is -3.34. The van der Waals surface area contributed by atoms with Crippen molar-refractivity contribution in [2.45, 2.75) is 44.3 Å². The fourth-order valence-electron chi connectivity index (χ4n) is 1.56. The summed E-state index contributed by atoms with van der Waals surface area (Å²) in [4.78, 5) is 0. The third-order valence-corrected chi connectivity index (χ3v) is 2.94. The van der Waals surface area contributed by atoms with Gasteiger partial charge in [-0.2, -0.15) is 8.42 Å². The van der Waals surface area contributed by atoms with E-state index in [1.165, 1.54) is 0 Å². The molecule has 13 heavy (non-hydrogen) atoms. The van der Waals surface area contributed by atoms with E-state index in [2.05, 4.69) is 0 Å². The molecule has 0 radical (unpaired) electrons. The third kappa shape index (κ3) is 4.06. The molecule has 0 spiro atoms. The van der Waals surface area contributed by atoms with Crippen LogP contribution in [0.1, 0.15) is 32.6 Å². The minimum atomic E-state index is -3.34. The second-order valence-corrected chi connectivity index (χ2v) is 5.60. The lowest BCUT2D eigenvalue weighted by molar-refractivity contribution is -0.00930. The molecule has 1 rings (SSSR count). The van der Waals surface area contributed by atoms with Crippen molar-refractivity contribution in [3.05, 3.63) is 0 Å². The van der Waals surface area contributed by atoms with E-state index in [9.17, 15) is 13.5 Å². The summed E-state index contributed by atoms with van der Waals surface area (Å²) in [5.74, 6) is 0. The summed E-state index contributed by atoms with van der Waals surface area (Å²) in [5.41, 5.74) is -0.642. The molecule has 0 aromatic rings. The van der Waals surface area contributed by atoms with Gasteiger partial charge in [0.05, 0.1) is 18.0 Å². The lowest BCUT2D eigenvalue weighted by Crippen LogP contribution is -2.34. The van der Waals surface area contributed by atoms with Crippen LogP contribution in [0, 0.1) is 0 Å². The van der Waals surface area contributed by atoms with Crippen molar-refractivity contribution in [2.24, 2.45) is 0 Å². The highest BCUT2D eigenvalue weighted by molar-refractivity contribution is 7.86. The van der Waals surface area contributed by atoms with Gasteiger partial charge in [0, 0.05) is 0 Å². The van der Waals surface area contributed by atoms with Gasteiger partial charge in [0.15, 0.2) is 0 Å². The summed E-state index contributed by atoms with van der Waals surface area (Å²) in [6.07, 6.45) is 3.25. The van der Waals surface area contributed by atoms with Crippen LogP contribution in [0.5, 0.6) is 0 Å². The maximum absolute atomic E-state index is 10.8. The second kappa shape index (κ2) is 3.55. The molecule has 0 amide bonds. The van der Waals surface area contributed by atoms with Crippen LogP contribution in [0.4, 0.5) is 0 Å². The van der Waals surface area contributed by atoms with Gasteiger partial charge in [-0.1, -0.05) is 0 Å². The van der Waals surface area contributed by atoms with Gasteiger partial charge in [0.25, 0.3) is 10.1 Å². The fraction of sp³-hybridized carbons (Fsp3) is 1.00. The lowest BCUT2D eigenvalue weighted by atomic mass is 9.85. The normalized spacial score (nSPS) is 36.1. The molecule has 0 unspecified atom stereocenters. The zero-order chi connectivity index (χ0) is 10.1. The zero-order valence-corrected chi connectivity index (χ0v) is 8.80. The highest BCUT2D eigenvalue weighted by Crippen LogP contribution is 2.29. The van der Waals surface area contributed by atoms with Gasteiger partial charge >= 0.3 is 0 Å². The zero-order valence-electron chi connectivity index (χ0n) is 7.99. The van der Waals surface area contributed by atoms with Crippen LogP contribution >= 0.6 is 0 Å². The Kier molecular flexibility index (Phi) is 2.99. The molecule has 4 nitrogen and oxygen atoms in total. The predicted molar refractivity (Wildman–Crippen MR) is 48.8 cm³/mol. The molecule has 0 aromatic carbocycles. The van der Waals surface area contributed by atoms with Crippen LogP contribution in [-0.4, -0.2) is 31.5 Å². The monoisotopic (exact) mass is 208 g/mol. The van der Waals surface area contributed by atoms with E-state index in [0.717, 1.165) is 6.26 Å². The first-order valence-corrected chi connectivity index (χ1v) is 6.21. The highest BCUT2D eigenvalue weighted by Gasteiger charge is 2.30. The highest BCUT2D eigenvalue weighted by atomic mass is 32.2. The van der Waals surface area contributed by atoms with E-state index >= 15 is 0 Å². The molecule has 1 N–H and O–H groups in total. The van der Waals surface area contributed by atoms with Crippen LogP contribution in [0.3, 0.4) is 0 Å². The molecule has 0 saturated heterocycles. The lowest BCUT2D eigenvalue weighted by Gasteiger charge is -2.32. The number of rotatable bonds is 2. The molecule has 0 heterocycles. The second-order valence-electron chi connectivity index (χ2n) is 4.00. The minimum absolute atomic E-state index is 0.241. The first-order valence-electron chi connectivity index (χ1n) is 4.39. The maximum atomic E-state index is 10.8. The molecule has 0 aliphatic heterocycles. The van der Waals surface area contributed by atoms with E-state index in [1.807, 2.05) is 0 Å².